The molecule has 0 aliphatic carbocycles. The Morgan fingerprint density at radius 3 is 2.33 bits per heavy atom. The lowest BCUT2D eigenvalue weighted by Crippen LogP contribution is -2.34. The molecule has 1 aromatic carbocycles. The van der Waals surface area contributed by atoms with Gasteiger partial charge in [0.25, 0.3) is 0 Å². The largest absolute Gasteiger partial charge is 0.573 e. The number of alkyl halides is 3. The van der Waals surface area contributed by atoms with Crippen molar-refractivity contribution >= 4 is 17.7 Å². The lowest BCUT2D eigenvalue weighted by atomic mass is 10.2. The van der Waals surface area contributed by atoms with Gasteiger partial charge in [0.05, 0.1) is 5.92 Å². The number of ether oxygens (including phenoxy) is 1. The average Bonchev–Trinajstić information content (AvgIpc) is 2.36. The maximum Gasteiger partial charge on any atom is 0.573 e. The number of carbonyl (C=O) groups is 2. The molecule has 0 radical (unpaired) electrons. The number of amides is 2. The first kappa shape index (κ1) is 16.6. The number of hydrogen-bond donors (Lipinski definition) is 3. The predicted molar refractivity (Wildman–Crippen MR) is 66.9 cm³/mol. The van der Waals surface area contributed by atoms with Gasteiger partial charge in [0.2, 0.25) is 0 Å². The smallest absolute Gasteiger partial charge is 0.481 e. The first-order valence-corrected chi connectivity index (χ1v) is 5.81. The lowest BCUT2D eigenvalue weighted by molar-refractivity contribution is -0.274. The molecule has 0 spiro atoms. The standard InChI is InChI=1S/C12H13F3N2O4/c1-7(10(18)19)6-16-11(20)17-8-2-4-9(5-3-8)21-12(13,14)15/h2-5,7H,6H2,1H3,(H,18,19)(H2,16,17,20). The summed E-state index contributed by atoms with van der Waals surface area (Å²) in [5.74, 6) is -2.21. The number of halogens is 3. The Kier molecular flexibility index (Phi) is 5.39. The van der Waals surface area contributed by atoms with E-state index in [0.29, 0.717) is 0 Å². The number of anilines is 1. The van der Waals surface area contributed by atoms with Crippen LogP contribution < -0.4 is 15.4 Å². The van der Waals surface area contributed by atoms with Crippen LogP contribution in [-0.2, 0) is 4.79 Å². The number of benzene rings is 1. The van der Waals surface area contributed by atoms with Crippen molar-refractivity contribution in [2.45, 2.75) is 13.3 Å². The van der Waals surface area contributed by atoms with E-state index in [1.807, 2.05) is 0 Å². The number of carboxylic acid groups (broad SMARTS) is 1. The van der Waals surface area contributed by atoms with Crippen LogP contribution in [0.1, 0.15) is 6.92 Å². The van der Waals surface area contributed by atoms with Gasteiger partial charge in [-0.1, -0.05) is 6.92 Å². The molecule has 0 aliphatic rings. The van der Waals surface area contributed by atoms with Crippen LogP contribution in [0.15, 0.2) is 24.3 Å². The van der Waals surface area contributed by atoms with Crippen molar-refractivity contribution in [3.8, 4) is 5.75 Å². The van der Waals surface area contributed by atoms with E-state index < -0.39 is 30.0 Å². The summed E-state index contributed by atoms with van der Waals surface area (Å²) in [4.78, 5) is 22.0. The van der Waals surface area contributed by atoms with Gasteiger partial charge in [-0.15, -0.1) is 13.2 Å². The molecule has 21 heavy (non-hydrogen) atoms. The predicted octanol–water partition coefficient (Wildman–Crippen LogP) is 2.43. The van der Waals surface area contributed by atoms with E-state index in [1.54, 1.807) is 0 Å². The fraction of sp³-hybridized carbons (Fsp3) is 0.333. The van der Waals surface area contributed by atoms with Gasteiger partial charge in [-0.25, -0.2) is 4.79 Å². The minimum absolute atomic E-state index is 0.0730. The minimum Gasteiger partial charge on any atom is -0.481 e. The molecule has 1 atom stereocenters. The molecule has 2 amide bonds. The van der Waals surface area contributed by atoms with Crippen LogP contribution >= 0.6 is 0 Å². The zero-order chi connectivity index (χ0) is 16.0. The van der Waals surface area contributed by atoms with Gasteiger partial charge in [-0.2, -0.15) is 0 Å². The summed E-state index contributed by atoms with van der Waals surface area (Å²) < 4.78 is 39.5. The van der Waals surface area contributed by atoms with Crippen LogP contribution in [0.3, 0.4) is 0 Å². The topological polar surface area (TPSA) is 87.7 Å². The number of nitrogens with one attached hydrogen (secondary N) is 2. The fourth-order valence-corrected chi connectivity index (χ4v) is 1.25. The normalized spacial score (nSPS) is 12.4. The van der Waals surface area contributed by atoms with E-state index in [1.165, 1.54) is 19.1 Å². The zero-order valence-corrected chi connectivity index (χ0v) is 10.9. The van der Waals surface area contributed by atoms with Gasteiger partial charge < -0.3 is 20.5 Å². The molecule has 1 unspecified atom stereocenters. The molecule has 0 saturated heterocycles. The van der Waals surface area contributed by atoms with E-state index in [4.69, 9.17) is 5.11 Å². The summed E-state index contributed by atoms with van der Waals surface area (Å²) in [6, 6.07) is 3.88. The number of urea groups is 1. The number of carbonyl (C=O) groups excluding carboxylic acids is 1. The highest BCUT2D eigenvalue weighted by atomic mass is 19.4. The van der Waals surface area contributed by atoms with Crippen molar-refractivity contribution in [3.05, 3.63) is 24.3 Å². The molecule has 6 nitrogen and oxygen atoms in total. The molecule has 1 aromatic rings. The molecule has 0 aromatic heterocycles. The van der Waals surface area contributed by atoms with Crippen molar-refractivity contribution < 1.29 is 32.6 Å². The second kappa shape index (κ2) is 6.82. The molecule has 116 valence electrons. The maximum absolute atomic E-state index is 11.9. The summed E-state index contributed by atoms with van der Waals surface area (Å²) in [6.07, 6.45) is -4.78. The van der Waals surface area contributed by atoms with Crippen molar-refractivity contribution in [1.82, 2.24) is 5.32 Å². The number of aliphatic carboxylic acids is 1. The van der Waals surface area contributed by atoms with Crippen LogP contribution in [0.25, 0.3) is 0 Å². The summed E-state index contributed by atoms with van der Waals surface area (Å²) in [5, 5.41) is 13.3. The minimum atomic E-state index is -4.78. The summed E-state index contributed by atoms with van der Waals surface area (Å²) >= 11 is 0. The van der Waals surface area contributed by atoms with Crippen molar-refractivity contribution in [1.29, 1.82) is 0 Å². The van der Waals surface area contributed by atoms with Gasteiger partial charge in [-0.05, 0) is 24.3 Å². The number of carboxylic acids is 1. The quantitative estimate of drug-likeness (QED) is 0.779. The molecule has 3 N–H and O–H groups in total. The molecule has 9 heteroatoms. The summed E-state index contributed by atoms with van der Waals surface area (Å²) in [7, 11) is 0. The number of hydrogen-bond acceptors (Lipinski definition) is 3. The van der Waals surface area contributed by atoms with Gasteiger partial charge in [-0.3, -0.25) is 4.79 Å². The first-order valence-electron chi connectivity index (χ1n) is 5.81. The van der Waals surface area contributed by atoms with Gasteiger partial charge in [0.15, 0.2) is 0 Å². The summed E-state index contributed by atoms with van der Waals surface area (Å²) in [6.45, 7) is 1.35. The lowest BCUT2D eigenvalue weighted by Gasteiger charge is -2.11. The van der Waals surface area contributed by atoms with Gasteiger partial charge in [0, 0.05) is 12.2 Å². The van der Waals surface area contributed by atoms with Crippen LogP contribution in [0.4, 0.5) is 23.7 Å². The van der Waals surface area contributed by atoms with Gasteiger partial charge in [0.1, 0.15) is 5.75 Å². The third-order valence-corrected chi connectivity index (χ3v) is 2.34. The molecule has 0 bridgehead atoms. The SMILES string of the molecule is CC(CNC(=O)Nc1ccc(OC(F)(F)F)cc1)C(=O)O. The third-order valence-electron chi connectivity index (χ3n) is 2.34. The van der Waals surface area contributed by atoms with E-state index in [9.17, 15) is 22.8 Å². The molecule has 0 aliphatic heterocycles. The van der Waals surface area contributed by atoms with Crippen LogP contribution in [0.2, 0.25) is 0 Å². The fourth-order valence-electron chi connectivity index (χ4n) is 1.25. The van der Waals surface area contributed by atoms with E-state index >= 15 is 0 Å². The Hall–Kier alpha value is -2.45. The van der Waals surface area contributed by atoms with E-state index in [0.717, 1.165) is 12.1 Å². The zero-order valence-electron chi connectivity index (χ0n) is 10.9. The highest BCUT2D eigenvalue weighted by Crippen LogP contribution is 2.23. The Morgan fingerprint density at radius 2 is 1.86 bits per heavy atom. The second-order valence-corrected chi connectivity index (χ2v) is 4.15. The van der Waals surface area contributed by atoms with Crippen LogP contribution in [0.5, 0.6) is 5.75 Å². The van der Waals surface area contributed by atoms with Crippen molar-refractivity contribution in [2.75, 3.05) is 11.9 Å². The Labute approximate surface area is 117 Å². The molecular weight excluding hydrogens is 293 g/mol. The highest BCUT2D eigenvalue weighted by molar-refractivity contribution is 5.89. The molecule has 0 saturated carbocycles. The Balaban J connectivity index is 2.48. The third kappa shape index (κ3) is 6.50. The summed E-state index contributed by atoms with van der Waals surface area (Å²) in [5.41, 5.74) is 0.241. The monoisotopic (exact) mass is 306 g/mol. The number of rotatable bonds is 5. The Morgan fingerprint density at radius 1 is 1.29 bits per heavy atom. The van der Waals surface area contributed by atoms with Gasteiger partial charge >= 0.3 is 18.4 Å². The van der Waals surface area contributed by atoms with Crippen LogP contribution in [0, 0.1) is 5.92 Å². The Bertz CT molecular complexity index is 502. The highest BCUT2D eigenvalue weighted by Gasteiger charge is 2.30. The van der Waals surface area contributed by atoms with Crippen molar-refractivity contribution in [2.24, 2.45) is 5.92 Å². The maximum atomic E-state index is 11.9. The first-order chi connectivity index (χ1) is 9.67. The molecule has 1 rings (SSSR count). The van der Waals surface area contributed by atoms with Crippen molar-refractivity contribution in [3.63, 3.8) is 0 Å². The molecule has 0 heterocycles. The average molecular weight is 306 g/mol. The van der Waals surface area contributed by atoms with Crippen LogP contribution in [-0.4, -0.2) is 30.0 Å². The molecule has 0 fully saturated rings. The second-order valence-electron chi connectivity index (χ2n) is 4.15. The molecular formula is C12H13F3N2O4. The van der Waals surface area contributed by atoms with E-state index in [-0.39, 0.29) is 12.2 Å². The van der Waals surface area contributed by atoms with E-state index in [2.05, 4.69) is 15.4 Å².